The Hall–Kier alpha value is -3.03. The summed E-state index contributed by atoms with van der Waals surface area (Å²) < 4.78 is 17.4. The van der Waals surface area contributed by atoms with Crippen LogP contribution in [0.15, 0.2) is 54.3 Å². The normalized spacial score (nSPS) is 20.5. The predicted octanol–water partition coefficient (Wildman–Crippen LogP) is 3.72. The highest BCUT2D eigenvalue weighted by Gasteiger charge is 2.29. The monoisotopic (exact) mass is 464 g/mol. The molecule has 7 nitrogen and oxygen atoms in total. The minimum absolute atomic E-state index is 0.175. The minimum Gasteiger partial charge on any atom is -0.493 e. The molecule has 2 aromatic rings. The van der Waals surface area contributed by atoms with Gasteiger partial charge in [0.1, 0.15) is 12.4 Å². The molecule has 1 saturated heterocycles. The lowest BCUT2D eigenvalue weighted by molar-refractivity contribution is -0.116. The third-order valence-electron chi connectivity index (χ3n) is 6.88. The Morgan fingerprint density at radius 3 is 2.62 bits per heavy atom. The van der Waals surface area contributed by atoms with Gasteiger partial charge in [-0.1, -0.05) is 12.1 Å². The molecule has 1 atom stereocenters. The molecule has 0 aromatic heterocycles. The Kier molecular flexibility index (Phi) is 6.74. The average Bonchev–Trinajstić information content (AvgIpc) is 3.52. The van der Waals surface area contributed by atoms with E-state index in [1.54, 1.807) is 12.0 Å². The van der Waals surface area contributed by atoms with E-state index in [0.717, 1.165) is 31.6 Å². The number of aliphatic hydroxyl groups excluding tert-OH is 1. The van der Waals surface area contributed by atoms with Gasteiger partial charge in [0.15, 0.2) is 17.3 Å². The molecule has 1 N–H and O–H groups in total. The SMILES string of the molecule is COc1cc(N2CC=C(Oc3ccc(C4CC4)cc3)C2=O)ccc1OCCN1CCC[C@@H]1CO. The van der Waals surface area contributed by atoms with Crippen molar-refractivity contribution in [1.82, 2.24) is 4.90 Å². The van der Waals surface area contributed by atoms with Crippen LogP contribution in [-0.4, -0.2) is 61.9 Å². The summed E-state index contributed by atoms with van der Waals surface area (Å²) in [6.45, 7) is 2.88. The maximum Gasteiger partial charge on any atom is 0.294 e. The van der Waals surface area contributed by atoms with Crippen LogP contribution in [-0.2, 0) is 4.79 Å². The van der Waals surface area contributed by atoms with Crippen LogP contribution in [0, 0.1) is 0 Å². The number of methoxy groups -OCH3 is 1. The number of carbonyl (C=O) groups excluding carboxylic acids is 1. The molecule has 1 aliphatic carbocycles. The quantitative estimate of drug-likeness (QED) is 0.578. The highest BCUT2D eigenvalue weighted by molar-refractivity contribution is 6.07. The molecule has 2 aromatic carbocycles. The van der Waals surface area contributed by atoms with Crippen LogP contribution in [0.4, 0.5) is 5.69 Å². The number of aliphatic hydroxyl groups is 1. The van der Waals surface area contributed by atoms with Crippen LogP contribution < -0.4 is 19.1 Å². The molecule has 1 amide bonds. The van der Waals surface area contributed by atoms with Crippen molar-refractivity contribution >= 4 is 11.6 Å². The molecule has 0 radical (unpaired) electrons. The van der Waals surface area contributed by atoms with Gasteiger partial charge in [0, 0.05) is 30.9 Å². The summed E-state index contributed by atoms with van der Waals surface area (Å²) in [4.78, 5) is 16.9. The molecule has 2 aliphatic heterocycles. The third kappa shape index (κ3) is 4.91. The van der Waals surface area contributed by atoms with Gasteiger partial charge in [0.25, 0.3) is 5.91 Å². The van der Waals surface area contributed by atoms with E-state index in [2.05, 4.69) is 17.0 Å². The second-order valence-electron chi connectivity index (χ2n) is 9.13. The molecule has 1 saturated carbocycles. The van der Waals surface area contributed by atoms with Crippen molar-refractivity contribution in [3.05, 3.63) is 59.9 Å². The predicted molar refractivity (Wildman–Crippen MR) is 130 cm³/mol. The molecule has 3 aliphatic rings. The maximum atomic E-state index is 13.0. The number of amides is 1. The van der Waals surface area contributed by atoms with Crippen molar-refractivity contribution in [1.29, 1.82) is 0 Å². The first kappa shape index (κ1) is 22.7. The molecule has 0 unspecified atom stereocenters. The number of benzene rings is 2. The zero-order valence-corrected chi connectivity index (χ0v) is 19.6. The van der Waals surface area contributed by atoms with Gasteiger partial charge in [-0.25, -0.2) is 0 Å². The van der Waals surface area contributed by atoms with E-state index in [-0.39, 0.29) is 18.6 Å². The van der Waals surface area contributed by atoms with E-state index in [1.807, 2.05) is 36.4 Å². The number of hydrogen-bond donors (Lipinski definition) is 1. The fourth-order valence-electron chi connectivity index (χ4n) is 4.75. The zero-order chi connectivity index (χ0) is 23.5. The largest absolute Gasteiger partial charge is 0.493 e. The van der Waals surface area contributed by atoms with Gasteiger partial charge in [0.05, 0.1) is 13.7 Å². The van der Waals surface area contributed by atoms with Gasteiger partial charge in [-0.3, -0.25) is 9.69 Å². The van der Waals surface area contributed by atoms with Crippen LogP contribution in [0.25, 0.3) is 0 Å². The summed E-state index contributed by atoms with van der Waals surface area (Å²) in [7, 11) is 1.60. The lowest BCUT2D eigenvalue weighted by Gasteiger charge is -2.23. The molecule has 7 heteroatoms. The number of rotatable bonds is 10. The number of anilines is 1. The van der Waals surface area contributed by atoms with E-state index in [0.29, 0.717) is 42.1 Å². The summed E-state index contributed by atoms with van der Waals surface area (Å²) in [5.41, 5.74) is 2.07. The highest BCUT2D eigenvalue weighted by Crippen LogP contribution is 2.40. The van der Waals surface area contributed by atoms with E-state index in [4.69, 9.17) is 14.2 Å². The zero-order valence-electron chi connectivity index (χ0n) is 19.6. The number of nitrogens with zero attached hydrogens (tertiary/aromatic N) is 2. The second kappa shape index (κ2) is 10.1. The van der Waals surface area contributed by atoms with E-state index < -0.39 is 0 Å². The van der Waals surface area contributed by atoms with Crippen molar-refractivity contribution in [2.45, 2.75) is 37.6 Å². The van der Waals surface area contributed by atoms with E-state index in [1.165, 1.54) is 18.4 Å². The van der Waals surface area contributed by atoms with Crippen molar-refractivity contribution in [3.8, 4) is 17.2 Å². The Morgan fingerprint density at radius 2 is 1.88 bits per heavy atom. The van der Waals surface area contributed by atoms with Crippen molar-refractivity contribution < 1.29 is 24.1 Å². The minimum atomic E-state index is -0.175. The van der Waals surface area contributed by atoms with Crippen LogP contribution in [0.2, 0.25) is 0 Å². The van der Waals surface area contributed by atoms with Gasteiger partial charge in [-0.05, 0) is 74.1 Å². The first-order valence-corrected chi connectivity index (χ1v) is 12.1. The van der Waals surface area contributed by atoms with Crippen molar-refractivity contribution in [2.75, 3.05) is 44.9 Å². The third-order valence-corrected chi connectivity index (χ3v) is 6.88. The summed E-state index contributed by atoms with van der Waals surface area (Å²) in [5.74, 6) is 2.74. The number of carbonyl (C=O) groups is 1. The van der Waals surface area contributed by atoms with Gasteiger partial charge in [-0.2, -0.15) is 0 Å². The van der Waals surface area contributed by atoms with Crippen molar-refractivity contribution in [3.63, 3.8) is 0 Å². The lowest BCUT2D eigenvalue weighted by Crippen LogP contribution is -2.35. The molecule has 5 rings (SSSR count). The molecular formula is C27H32N2O5. The molecule has 180 valence electrons. The number of likely N-dealkylation sites (tertiary alicyclic amines) is 1. The maximum absolute atomic E-state index is 13.0. The van der Waals surface area contributed by atoms with Gasteiger partial charge in [-0.15, -0.1) is 0 Å². The Labute approximate surface area is 200 Å². The number of hydrogen-bond acceptors (Lipinski definition) is 6. The van der Waals surface area contributed by atoms with Crippen LogP contribution in [0.5, 0.6) is 17.2 Å². The van der Waals surface area contributed by atoms with E-state index >= 15 is 0 Å². The average molecular weight is 465 g/mol. The topological polar surface area (TPSA) is 71.5 Å². The molecule has 0 spiro atoms. The molecule has 2 heterocycles. The van der Waals surface area contributed by atoms with E-state index in [9.17, 15) is 9.90 Å². The summed E-state index contributed by atoms with van der Waals surface area (Å²) in [5, 5.41) is 9.48. The Morgan fingerprint density at radius 1 is 1.06 bits per heavy atom. The highest BCUT2D eigenvalue weighted by atomic mass is 16.5. The fourth-order valence-corrected chi connectivity index (χ4v) is 4.75. The van der Waals surface area contributed by atoms with Crippen molar-refractivity contribution in [2.24, 2.45) is 0 Å². The van der Waals surface area contributed by atoms with Gasteiger partial charge >= 0.3 is 0 Å². The van der Waals surface area contributed by atoms with Crippen LogP contribution in [0.3, 0.4) is 0 Å². The summed E-state index contributed by atoms with van der Waals surface area (Å²) in [6, 6.07) is 13.8. The first-order chi connectivity index (χ1) is 16.7. The second-order valence-corrected chi connectivity index (χ2v) is 9.13. The Balaban J connectivity index is 1.18. The fraction of sp³-hybridized carbons (Fsp3) is 0.444. The lowest BCUT2D eigenvalue weighted by atomic mass is 10.1. The standard InChI is InChI=1S/C27H32N2O5/c1-32-26-17-21(8-11-24(26)33-16-15-28-13-2-3-22(28)18-30)29-14-12-25(27(29)31)34-23-9-6-20(7-10-23)19-4-5-19/h6-12,17,19,22,30H,2-5,13-16,18H2,1H3/t22-/m1/s1. The molecule has 0 bridgehead atoms. The van der Waals surface area contributed by atoms with Gasteiger partial charge < -0.3 is 24.2 Å². The number of ether oxygens (including phenoxy) is 3. The molecular weight excluding hydrogens is 432 g/mol. The summed E-state index contributed by atoms with van der Waals surface area (Å²) >= 11 is 0. The molecule has 2 fully saturated rings. The van der Waals surface area contributed by atoms with Crippen LogP contribution in [0.1, 0.15) is 37.2 Å². The molecule has 34 heavy (non-hydrogen) atoms. The smallest absolute Gasteiger partial charge is 0.294 e. The van der Waals surface area contributed by atoms with Crippen LogP contribution >= 0.6 is 0 Å². The van der Waals surface area contributed by atoms with Gasteiger partial charge in [0.2, 0.25) is 0 Å². The summed E-state index contributed by atoms with van der Waals surface area (Å²) in [6.07, 6.45) is 6.47. The Bertz CT molecular complexity index is 1050. The first-order valence-electron chi connectivity index (χ1n) is 12.1.